The second-order valence-electron chi connectivity index (χ2n) is 11.2. The molecule has 220 valence electrons. The SMILES string of the molecule is C[C@@H]1[C@H](NC(=O)c2ncccc2O)C(=O)N[C@@H](Cc2ccccc2)[C@@H](O)[C@@H](C)C(=O)N(C)C(C2CCC2)C(=O)N1C. The Morgan fingerprint density at radius 2 is 1.71 bits per heavy atom. The fourth-order valence-electron chi connectivity index (χ4n) is 5.61. The molecule has 11 nitrogen and oxygen atoms in total. The fraction of sp³-hybridized carbons (Fsp3) is 0.500. The summed E-state index contributed by atoms with van der Waals surface area (Å²) in [5.74, 6) is -3.50. The highest BCUT2D eigenvalue weighted by Crippen LogP contribution is 2.34. The van der Waals surface area contributed by atoms with Gasteiger partial charge in [-0.15, -0.1) is 0 Å². The van der Waals surface area contributed by atoms with Gasteiger partial charge in [0.2, 0.25) is 17.7 Å². The number of aliphatic hydroxyl groups excluding tert-OH is 1. The van der Waals surface area contributed by atoms with Crippen LogP contribution in [0.1, 0.15) is 49.2 Å². The Bertz CT molecular complexity index is 1270. The van der Waals surface area contributed by atoms with E-state index in [1.54, 1.807) is 27.9 Å². The molecule has 11 heteroatoms. The minimum Gasteiger partial charge on any atom is -0.505 e. The van der Waals surface area contributed by atoms with Gasteiger partial charge in [-0.2, -0.15) is 0 Å². The summed E-state index contributed by atoms with van der Waals surface area (Å²) in [6.07, 6.45) is 2.80. The quantitative estimate of drug-likeness (QED) is 0.424. The third-order valence-corrected chi connectivity index (χ3v) is 8.57. The third kappa shape index (κ3) is 6.35. The maximum atomic E-state index is 13.9. The van der Waals surface area contributed by atoms with Gasteiger partial charge in [-0.3, -0.25) is 19.2 Å². The van der Waals surface area contributed by atoms with Crippen LogP contribution in [-0.2, 0) is 20.8 Å². The van der Waals surface area contributed by atoms with E-state index >= 15 is 0 Å². The van der Waals surface area contributed by atoms with Crippen LogP contribution in [0.5, 0.6) is 5.75 Å². The van der Waals surface area contributed by atoms with Crippen molar-refractivity contribution in [3.63, 3.8) is 0 Å². The first-order chi connectivity index (χ1) is 19.5. The second kappa shape index (κ2) is 12.7. The van der Waals surface area contributed by atoms with Crippen LogP contribution in [0.2, 0.25) is 0 Å². The van der Waals surface area contributed by atoms with Gasteiger partial charge >= 0.3 is 0 Å². The summed E-state index contributed by atoms with van der Waals surface area (Å²) in [7, 11) is 3.14. The van der Waals surface area contributed by atoms with E-state index in [9.17, 15) is 29.4 Å². The standard InChI is InChI=1S/C30H39N5O6/c1-17-26(37)21(16-19-10-6-5-7-11-19)32-27(38)23(33-28(39)24-22(36)14-9-15-31-24)18(2)34(3)30(41)25(20-12-8-13-20)35(4)29(17)40/h5-7,9-11,14-15,17-18,20-21,23,25-26,36-37H,8,12-13,16H2,1-4H3,(H,32,38)(H,33,39)/t17-,18-,21+,23+,25?,26+/m1/s1. The number of aliphatic hydroxyl groups is 1. The number of hydrogen-bond acceptors (Lipinski definition) is 7. The number of amides is 4. The van der Waals surface area contributed by atoms with Crippen LogP contribution >= 0.6 is 0 Å². The first-order valence-electron chi connectivity index (χ1n) is 14.0. The molecule has 2 fully saturated rings. The molecule has 41 heavy (non-hydrogen) atoms. The Balaban J connectivity index is 1.74. The van der Waals surface area contributed by atoms with Gasteiger partial charge in [0, 0.05) is 20.3 Å². The highest BCUT2D eigenvalue weighted by molar-refractivity contribution is 5.98. The summed E-state index contributed by atoms with van der Waals surface area (Å²) in [6, 6.07) is 8.27. The molecule has 2 heterocycles. The van der Waals surface area contributed by atoms with Gasteiger partial charge in [-0.25, -0.2) is 4.98 Å². The molecule has 1 saturated heterocycles. The Morgan fingerprint density at radius 1 is 1.02 bits per heavy atom. The first-order valence-corrected chi connectivity index (χ1v) is 14.0. The van der Waals surface area contributed by atoms with Crippen molar-refractivity contribution >= 4 is 23.6 Å². The molecule has 2 aromatic rings. The zero-order chi connectivity index (χ0) is 29.8. The highest BCUT2D eigenvalue weighted by Gasteiger charge is 2.45. The van der Waals surface area contributed by atoms with Crippen LogP contribution < -0.4 is 10.6 Å². The zero-order valence-corrected chi connectivity index (χ0v) is 23.9. The monoisotopic (exact) mass is 565 g/mol. The normalized spacial score (nSPS) is 28.3. The molecular formula is C30H39N5O6. The highest BCUT2D eigenvalue weighted by atomic mass is 16.3. The number of aromatic hydroxyl groups is 1. The predicted octanol–water partition coefficient (Wildman–Crippen LogP) is 1.10. The lowest BCUT2D eigenvalue weighted by Crippen LogP contribution is -2.65. The average molecular weight is 566 g/mol. The average Bonchev–Trinajstić information content (AvgIpc) is 2.94. The second-order valence-corrected chi connectivity index (χ2v) is 11.2. The third-order valence-electron chi connectivity index (χ3n) is 8.57. The number of likely N-dealkylation sites (N-methyl/N-ethyl adjacent to an activating group) is 2. The van der Waals surface area contributed by atoms with Gasteiger partial charge in [-0.05, 0) is 49.8 Å². The van der Waals surface area contributed by atoms with Crippen molar-refractivity contribution in [3.05, 3.63) is 59.9 Å². The van der Waals surface area contributed by atoms with Crippen molar-refractivity contribution in [2.24, 2.45) is 11.8 Å². The summed E-state index contributed by atoms with van der Waals surface area (Å²) >= 11 is 0. The van der Waals surface area contributed by atoms with E-state index in [-0.39, 0.29) is 35.6 Å². The van der Waals surface area contributed by atoms with Crippen LogP contribution in [0, 0.1) is 11.8 Å². The number of carbonyl (C=O) groups excluding carboxylic acids is 4. The van der Waals surface area contributed by atoms with E-state index in [4.69, 9.17) is 0 Å². The molecular weight excluding hydrogens is 526 g/mol. The van der Waals surface area contributed by atoms with Crippen molar-refractivity contribution in [3.8, 4) is 5.75 Å². The summed E-state index contributed by atoms with van der Waals surface area (Å²) < 4.78 is 0. The molecule has 1 saturated carbocycles. The van der Waals surface area contributed by atoms with Crippen molar-refractivity contribution in [2.45, 2.75) is 69.8 Å². The molecule has 0 bridgehead atoms. The minimum absolute atomic E-state index is 0.0502. The zero-order valence-electron chi connectivity index (χ0n) is 23.9. The number of nitrogens with one attached hydrogen (secondary N) is 2. The van der Waals surface area contributed by atoms with Gasteiger partial charge in [0.05, 0.1) is 24.1 Å². The fourth-order valence-corrected chi connectivity index (χ4v) is 5.61. The summed E-state index contributed by atoms with van der Waals surface area (Å²) in [6.45, 7) is 3.23. The predicted molar refractivity (Wildman–Crippen MR) is 151 cm³/mol. The van der Waals surface area contributed by atoms with Gasteiger partial charge in [0.1, 0.15) is 17.8 Å². The molecule has 4 N–H and O–H groups in total. The number of nitrogens with zero attached hydrogens (tertiary/aromatic N) is 3. The van der Waals surface area contributed by atoms with Crippen molar-refractivity contribution < 1.29 is 29.4 Å². The molecule has 1 aliphatic carbocycles. The molecule has 0 radical (unpaired) electrons. The lowest BCUT2D eigenvalue weighted by molar-refractivity contribution is -0.154. The summed E-state index contributed by atoms with van der Waals surface area (Å²) in [5.41, 5.74) is 0.573. The maximum Gasteiger partial charge on any atom is 0.274 e. The van der Waals surface area contributed by atoms with E-state index in [0.717, 1.165) is 24.8 Å². The molecule has 1 aliphatic heterocycles. The molecule has 1 aromatic heterocycles. The van der Waals surface area contributed by atoms with Crippen molar-refractivity contribution in [1.29, 1.82) is 0 Å². The van der Waals surface area contributed by atoms with Gasteiger partial charge < -0.3 is 30.6 Å². The maximum absolute atomic E-state index is 13.9. The topological polar surface area (TPSA) is 152 Å². The van der Waals surface area contributed by atoms with E-state index in [0.29, 0.717) is 0 Å². The lowest BCUT2D eigenvalue weighted by atomic mass is 9.78. The lowest BCUT2D eigenvalue weighted by Gasteiger charge is -2.44. The van der Waals surface area contributed by atoms with E-state index in [1.165, 1.54) is 28.1 Å². The summed E-state index contributed by atoms with van der Waals surface area (Å²) in [4.78, 5) is 61.3. The largest absolute Gasteiger partial charge is 0.505 e. The van der Waals surface area contributed by atoms with Crippen LogP contribution in [-0.4, -0.2) is 93.0 Å². The molecule has 4 amide bonds. The van der Waals surface area contributed by atoms with Crippen LogP contribution in [0.25, 0.3) is 0 Å². The Morgan fingerprint density at radius 3 is 2.32 bits per heavy atom. The number of hydrogen-bond donors (Lipinski definition) is 4. The van der Waals surface area contributed by atoms with E-state index in [1.807, 2.05) is 30.3 Å². The van der Waals surface area contributed by atoms with Gasteiger partial charge in [0.25, 0.3) is 5.91 Å². The number of rotatable bonds is 5. The Labute approximate surface area is 239 Å². The van der Waals surface area contributed by atoms with E-state index in [2.05, 4.69) is 15.6 Å². The molecule has 2 aliphatic rings. The molecule has 6 atom stereocenters. The number of pyridine rings is 1. The van der Waals surface area contributed by atoms with E-state index < -0.39 is 48.0 Å². The molecule has 4 rings (SSSR count). The number of aromatic nitrogens is 1. The van der Waals surface area contributed by atoms with Gasteiger partial charge in [0.15, 0.2) is 5.69 Å². The molecule has 1 aromatic carbocycles. The Kier molecular flexibility index (Phi) is 9.27. The molecule has 0 spiro atoms. The van der Waals surface area contributed by atoms with Crippen molar-refractivity contribution in [1.82, 2.24) is 25.4 Å². The number of benzene rings is 1. The van der Waals surface area contributed by atoms with Crippen LogP contribution in [0.3, 0.4) is 0 Å². The first kappa shape index (κ1) is 30.0. The van der Waals surface area contributed by atoms with Crippen LogP contribution in [0.4, 0.5) is 0 Å². The summed E-state index contributed by atoms with van der Waals surface area (Å²) in [5, 5.41) is 27.1. The smallest absolute Gasteiger partial charge is 0.274 e. The minimum atomic E-state index is -1.28. The molecule has 1 unspecified atom stereocenters. The van der Waals surface area contributed by atoms with Crippen LogP contribution in [0.15, 0.2) is 48.7 Å². The Hall–Kier alpha value is -3.99. The van der Waals surface area contributed by atoms with Crippen molar-refractivity contribution in [2.75, 3.05) is 14.1 Å². The number of carbonyl (C=O) groups is 4. The van der Waals surface area contributed by atoms with Gasteiger partial charge in [-0.1, -0.05) is 43.7 Å².